The smallest absolute Gasteiger partial charge is 0.323 e. The van der Waals surface area contributed by atoms with Gasteiger partial charge in [-0.05, 0) is 30.5 Å². The highest BCUT2D eigenvalue weighted by Gasteiger charge is 2.38. The fraction of sp³-hybridized carbons (Fsp3) is 0.533. The van der Waals surface area contributed by atoms with Crippen molar-refractivity contribution in [3.05, 3.63) is 29.8 Å². The molecule has 1 aromatic carbocycles. The number of rotatable bonds is 5. The van der Waals surface area contributed by atoms with Gasteiger partial charge in [-0.2, -0.15) is 0 Å². The maximum Gasteiger partial charge on any atom is 0.323 e. The van der Waals surface area contributed by atoms with Crippen LogP contribution in [0.15, 0.2) is 24.3 Å². The zero-order valence-electron chi connectivity index (χ0n) is 11.7. The fourth-order valence-corrected chi connectivity index (χ4v) is 2.64. The molecule has 20 heavy (non-hydrogen) atoms. The van der Waals surface area contributed by atoms with Crippen LogP contribution in [0.5, 0.6) is 5.75 Å². The van der Waals surface area contributed by atoms with Crippen molar-refractivity contribution >= 4 is 18.4 Å². The van der Waals surface area contributed by atoms with Crippen molar-refractivity contribution in [3.8, 4) is 5.75 Å². The summed E-state index contributed by atoms with van der Waals surface area (Å²) in [6.07, 6.45) is 4.56. The van der Waals surface area contributed by atoms with E-state index in [2.05, 4.69) is 5.32 Å². The minimum atomic E-state index is -0.738. The molecule has 0 saturated heterocycles. The summed E-state index contributed by atoms with van der Waals surface area (Å²) < 4.78 is 5.11. The SMILES string of the molecule is COc1ccc(CNC2(C(=O)O)CCCCC2)cc1.Cl. The molecule has 1 aliphatic rings. The molecule has 2 rings (SSSR count). The predicted octanol–water partition coefficient (Wildman–Crippen LogP) is 2.99. The highest BCUT2D eigenvalue weighted by Crippen LogP contribution is 2.29. The van der Waals surface area contributed by atoms with Gasteiger partial charge in [0.1, 0.15) is 11.3 Å². The van der Waals surface area contributed by atoms with E-state index >= 15 is 0 Å². The lowest BCUT2D eigenvalue weighted by Crippen LogP contribution is -2.52. The number of carbonyl (C=O) groups is 1. The molecule has 1 saturated carbocycles. The fourth-order valence-electron chi connectivity index (χ4n) is 2.64. The van der Waals surface area contributed by atoms with Crippen LogP contribution in [0.4, 0.5) is 0 Å². The monoisotopic (exact) mass is 299 g/mol. The molecule has 112 valence electrons. The maximum absolute atomic E-state index is 11.5. The van der Waals surface area contributed by atoms with E-state index in [0.717, 1.165) is 43.4 Å². The first kappa shape index (κ1) is 16.8. The van der Waals surface area contributed by atoms with Crippen LogP contribution in [-0.4, -0.2) is 23.7 Å². The van der Waals surface area contributed by atoms with Crippen LogP contribution < -0.4 is 10.1 Å². The summed E-state index contributed by atoms with van der Waals surface area (Å²) in [6, 6.07) is 7.71. The summed E-state index contributed by atoms with van der Waals surface area (Å²) in [6.45, 7) is 0.580. The molecule has 1 fully saturated rings. The van der Waals surface area contributed by atoms with Gasteiger partial charge in [0.05, 0.1) is 7.11 Å². The molecule has 2 N–H and O–H groups in total. The van der Waals surface area contributed by atoms with Crippen molar-refractivity contribution in [1.82, 2.24) is 5.32 Å². The second-order valence-electron chi connectivity index (χ2n) is 5.15. The largest absolute Gasteiger partial charge is 0.497 e. The number of halogens is 1. The highest BCUT2D eigenvalue weighted by molar-refractivity contribution is 5.85. The normalized spacial score (nSPS) is 17.1. The molecule has 5 heteroatoms. The first-order chi connectivity index (χ1) is 9.16. The van der Waals surface area contributed by atoms with Crippen LogP contribution in [0.3, 0.4) is 0 Å². The van der Waals surface area contributed by atoms with Gasteiger partial charge in [-0.25, -0.2) is 0 Å². The summed E-state index contributed by atoms with van der Waals surface area (Å²) in [5.41, 5.74) is 0.338. The van der Waals surface area contributed by atoms with E-state index in [-0.39, 0.29) is 12.4 Å². The Morgan fingerprint density at radius 3 is 2.35 bits per heavy atom. The Labute approximate surface area is 125 Å². The summed E-state index contributed by atoms with van der Waals surface area (Å²) in [5.74, 6) is 0.0927. The first-order valence-electron chi connectivity index (χ1n) is 6.78. The average Bonchev–Trinajstić information content (AvgIpc) is 2.46. The Balaban J connectivity index is 0.00000200. The molecular formula is C15H22ClNO3. The third-order valence-corrected chi connectivity index (χ3v) is 3.91. The van der Waals surface area contributed by atoms with Crippen LogP contribution in [-0.2, 0) is 11.3 Å². The number of hydrogen-bond acceptors (Lipinski definition) is 3. The molecule has 0 atom stereocenters. The van der Waals surface area contributed by atoms with Crippen molar-refractivity contribution in [2.45, 2.75) is 44.2 Å². The Morgan fingerprint density at radius 1 is 1.25 bits per heavy atom. The maximum atomic E-state index is 11.5. The molecule has 0 aromatic heterocycles. The van der Waals surface area contributed by atoms with E-state index in [9.17, 15) is 9.90 Å². The summed E-state index contributed by atoms with van der Waals surface area (Å²) in [7, 11) is 1.63. The van der Waals surface area contributed by atoms with Gasteiger partial charge < -0.3 is 9.84 Å². The molecule has 0 bridgehead atoms. The van der Waals surface area contributed by atoms with Gasteiger partial charge in [-0.3, -0.25) is 10.1 Å². The number of methoxy groups -OCH3 is 1. The van der Waals surface area contributed by atoms with E-state index in [1.54, 1.807) is 7.11 Å². The lowest BCUT2D eigenvalue weighted by molar-refractivity contribution is -0.146. The highest BCUT2D eigenvalue weighted by atomic mass is 35.5. The lowest BCUT2D eigenvalue weighted by Gasteiger charge is -2.34. The van der Waals surface area contributed by atoms with Crippen LogP contribution >= 0.6 is 12.4 Å². The molecule has 0 spiro atoms. The molecule has 0 radical (unpaired) electrons. The van der Waals surface area contributed by atoms with Crippen molar-refractivity contribution in [3.63, 3.8) is 0 Å². The Morgan fingerprint density at radius 2 is 1.85 bits per heavy atom. The van der Waals surface area contributed by atoms with Gasteiger partial charge in [0.25, 0.3) is 0 Å². The number of carboxylic acid groups (broad SMARTS) is 1. The van der Waals surface area contributed by atoms with Crippen molar-refractivity contribution in [1.29, 1.82) is 0 Å². The average molecular weight is 300 g/mol. The third-order valence-electron chi connectivity index (χ3n) is 3.91. The standard InChI is InChI=1S/C15H21NO3.ClH/c1-19-13-7-5-12(6-8-13)11-16-15(14(17)18)9-3-2-4-10-15;/h5-8,16H,2-4,9-11H2,1H3,(H,17,18);1H. The van der Waals surface area contributed by atoms with Crippen LogP contribution in [0, 0.1) is 0 Å². The molecule has 0 aliphatic heterocycles. The topological polar surface area (TPSA) is 58.6 Å². The van der Waals surface area contributed by atoms with E-state index in [1.807, 2.05) is 24.3 Å². The molecule has 1 aliphatic carbocycles. The number of hydrogen-bond donors (Lipinski definition) is 2. The summed E-state index contributed by atoms with van der Waals surface area (Å²) in [5, 5.41) is 12.7. The van der Waals surface area contributed by atoms with Gasteiger partial charge in [0.15, 0.2) is 0 Å². The minimum absolute atomic E-state index is 0. The molecule has 1 aromatic rings. The number of carboxylic acids is 1. The third kappa shape index (κ3) is 3.87. The molecule has 4 nitrogen and oxygen atoms in total. The Bertz CT molecular complexity index is 427. The van der Waals surface area contributed by atoms with E-state index < -0.39 is 11.5 Å². The Kier molecular flexibility index (Phi) is 6.30. The van der Waals surface area contributed by atoms with Crippen molar-refractivity contribution in [2.75, 3.05) is 7.11 Å². The number of ether oxygens (including phenoxy) is 1. The van der Waals surface area contributed by atoms with Crippen LogP contribution in [0.25, 0.3) is 0 Å². The van der Waals surface area contributed by atoms with Crippen LogP contribution in [0.1, 0.15) is 37.7 Å². The van der Waals surface area contributed by atoms with Crippen LogP contribution in [0.2, 0.25) is 0 Å². The van der Waals surface area contributed by atoms with Gasteiger partial charge in [-0.15, -0.1) is 12.4 Å². The van der Waals surface area contributed by atoms with E-state index in [0.29, 0.717) is 6.54 Å². The second kappa shape index (κ2) is 7.50. The van der Waals surface area contributed by atoms with Crippen molar-refractivity contribution in [2.24, 2.45) is 0 Å². The van der Waals surface area contributed by atoms with Gasteiger partial charge in [0.2, 0.25) is 0 Å². The Hall–Kier alpha value is -1.26. The molecule has 0 unspecified atom stereocenters. The quantitative estimate of drug-likeness (QED) is 0.877. The van der Waals surface area contributed by atoms with Gasteiger partial charge in [0, 0.05) is 6.54 Å². The van der Waals surface area contributed by atoms with E-state index in [1.165, 1.54) is 0 Å². The van der Waals surface area contributed by atoms with Gasteiger partial charge in [-0.1, -0.05) is 31.4 Å². The second-order valence-corrected chi connectivity index (χ2v) is 5.15. The number of aliphatic carboxylic acids is 1. The minimum Gasteiger partial charge on any atom is -0.497 e. The summed E-state index contributed by atoms with van der Waals surface area (Å²) in [4.78, 5) is 11.5. The molecule has 0 amide bonds. The molecule has 0 heterocycles. The number of nitrogens with one attached hydrogen (secondary N) is 1. The first-order valence-corrected chi connectivity index (χ1v) is 6.78. The van der Waals surface area contributed by atoms with Crippen molar-refractivity contribution < 1.29 is 14.6 Å². The lowest BCUT2D eigenvalue weighted by atomic mass is 9.81. The molecular weight excluding hydrogens is 278 g/mol. The number of benzene rings is 1. The summed E-state index contributed by atoms with van der Waals surface area (Å²) >= 11 is 0. The zero-order valence-corrected chi connectivity index (χ0v) is 12.5. The predicted molar refractivity (Wildman–Crippen MR) is 80.5 cm³/mol. The van der Waals surface area contributed by atoms with Gasteiger partial charge >= 0.3 is 5.97 Å². The van der Waals surface area contributed by atoms with E-state index in [4.69, 9.17) is 4.74 Å². The zero-order chi connectivity index (χ0) is 13.7.